The number of fused-ring (bicyclic) bond motifs is 1. The van der Waals surface area contributed by atoms with Crippen LogP contribution < -0.4 is 0 Å². The first-order chi connectivity index (χ1) is 8.97. The largest absolute Gasteiger partial charge is 0.407 e. The highest BCUT2D eigenvalue weighted by molar-refractivity contribution is 6.74. The highest BCUT2D eigenvalue weighted by Crippen LogP contribution is 2.44. The van der Waals surface area contributed by atoms with Crippen molar-refractivity contribution in [3.63, 3.8) is 0 Å². The van der Waals surface area contributed by atoms with Gasteiger partial charge < -0.3 is 13.9 Å². The summed E-state index contributed by atoms with van der Waals surface area (Å²) in [7, 11) is -1.86. The van der Waals surface area contributed by atoms with Crippen molar-refractivity contribution in [2.45, 2.75) is 76.8 Å². The van der Waals surface area contributed by atoms with Crippen LogP contribution in [0.15, 0.2) is 24.3 Å². The molecule has 20 heavy (non-hydrogen) atoms. The normalized spacial score (nSPS) is 33.0. The summed E-state index contributed by atoms with van der Waals surface area (Å²) in [4.78, 5) is 0. The van der Waals surface area contributed by atoms with Gasteiger partial charge in [-0.3, -0.25) is 0 Å². The van der Waals surface area contributed by atoms with Gasteiger partial charge in [-0.25, -0.2) is 0 Å². The van der Waals surface area contributed by atoms with E-state index in [-0.39, 0.29) is 23.4 Å². The number of hydrogen-bond donors (Lipinski definition) is 0. The van der Waals surface area contributed by atoms with Gasteiger partial charge in [-0.05, 0) is 43.6 Å². The molecule has 1 aliphatic heterocycles. The summed E-state index contributed by atoms with van der Waals surface area (Å²) in [6.07, 6.45) is 3.85. The van der Waals surface area contributed by atoms with E-state index in [2.05, 4.69) is 46.5 Å². The van der Waals surface area contributed by atoms with Crippen LogP contribution in [0.2, 0.25) is 18.1 Å². The number of ether oxygens (including phenoxy) is 2. The lowest BCUT2D eigenvalue weighted by Crippen LogP contribution is -2.47. The summed E-state index contributed by atoms with van der Waals surface area (Å²) >= 11 is 0. The van der Waals surface area contributed by atoms with Gasteiger partial charge in [0, 0.05) is 0 Å². The maximum absolute atomic E-state index is 6.57. The Kier molecular flexibility index (Phi) is 3.83. The molecule has 114 valence electrons. The first-order valence-corrected chi connectivity index (χ1v) is 10.3. The van der Waals surface area contributed by atoms with Crippen molar-refractivity contribution in [3.8, 4) is 0 Å². The Labute approximate surface area is 124 Å². The fraction of sp³-hybridized carbons (Fsp3) is 0.750. The van der Waals surface area contributed by atoms with Gasteiger partial charge in [0.2, 0.25) is 0 Å². The topological polar surface area (TPSA) is 27.7 Å². The monoisotopic (exact) mass is 296 g/mol. The molecule has 1 unspecified atom stereocenters. The lowest BCUT2D eigenvalue weighted by molar-refractivity contribution is -0.151. The molecule has 0 bridgehead atoms. The molecule has 0 aromatic carbocycles. The molecule has 1 aliphatic carbocycles. The molecule has 0 amide bonds. The maximum atomic E-state index is 6.57. The van der Waals surface area contributed by atoms with Crippen LogP contribution in [0.3, 0.4) is 0 Å². The number of rotatable bonds is 3. The van der Waals surface area contributed by atoms with Crippen LogP contribution in [-0.4, -0.2) is 32.4 Å². The van der Waals surface area contributed by atoms with Gasteiger partial charge >= 0.3 is 0 Å². The van der Waals surface area contributed by atoms with Gasteiger partial charge in [0.1, 0.15) is 12.2 Å². The summed E-state index contributed by atoms with van der Waals surface area (Å²) in [5, 5.41) is 0.173. The molecule has 3 nitrogen and oxygen atoms in total. The van der Waals surface area contributed by atoms with Gasteiger partial charge in [-0.15, -0.1) is 0 Å². The molecular weight excluding hydrogens is 268 g/mol. The Morgan fingerprint density at radius 3 is 2.40 bits per heavy atom. The van der Waals surface area contributed by atoms with Crippen molar-refractivity contribution in [1.29, 1.82) is 0 Å². The van der Waals surface area contributed by atoms with Crippen LogP contribution in [0, 0.1) is 0 Å². The van der Waals surface area contributed by atoms with Crippen molar-refractivity contribution in [3.05, 3.63) is 24.3 Å². The fourth-order valence-corrected chi connectivity index (χ4v) is 3.73. The Morgan fingerprint density at radius 1 is 1.30 bits per heavy atom. The standard InChI is InChI=1S/C16H28O3Si/c1-9-11-10-12-14(18-16(5,6)17-12)13(11)19-20(7,8)15(2,3)4/h9-10,12-14H,1H2,2-8H3/t12-,13?,14-/m1/s1. The molecule has 0 aromatic heterocycles. The molecule has 4 heteroatoms. The number of hydrogen-bond acceptors (Lipinski definition) is 3. The lowest BCUT2D eigenvalue weighted by atomic mass is 10.1. The zero-order chi connectivity index (χ0) is 15.3. The minimum absolute atomic E-state index is 0.0206. The molecule has 1 fully saturated rings. The van der Waals surface area contributed by atoms with Crippen molar-refractivity contribution in [2.24, 2.45) is 0 Å². The van der Waals surface area contributed by atoms with Crippen LogP contribution in [0.5, 0.6) is 0 Å². The van der Waals surface area contributed by atoms with Crippen LogP contribution in [0.25, 0.3) is 0 Å². The Bertz CT molecular complexity index is 431. The van der Waals surface area contributed by atoms with E-state index < -0.39 is 14.1 Å². The third-order valence-corrected chi connectivity index (χ3v) is 9.07. The first kappa shape index (κ1) is 16.0. The fourth-order valence-electron chi connectivity index (χ4n) is 2.47. The van der Waals surface area contributed by atoms with E-state index >= 15 is 0 Å². The van der Waals surface area contributed by atoms with Crippen LogP contribution in [-0.2, 0) is 13.9 Å². The van der Waals surface area contributed by atoms with E-state index in [0.29, 0.717) is 0 Å². The first-order valence-electron chi connectivity index (χ1n) is 7.34. The van der Waals surface area contributed by atoms with Crippen molar-refractivity contribution in [1.82, 2.24) is 0 Å². The average Bonchev–Trinajstić information content (AvgIpc) is 2.70. The third kappa shape index (κ3) is 2.79. The van der Waals surface area contributed by atoms with E-state index in [4.69, 9.17) is 13.9 Å². The van der Waals surface area contributed by atoms with Gasteiger partial charge in [0.15, 0.2) is 14.1 Å². The van der Waals surface area contributed by atoms with E-state index in [1.165, 1.54) is 0 Å². The van der Waals surface area contributed by atoms with E-state index in [1.54, 1.807) is 0 Å². The van der Waals surface area contributed by atoms with Crippen molar-refractivity contribution in [2.75, 3.05) is 0 Å². The Hall–Kier alpha value is -0.423. The van der Waals surface area contributed by atoms with Crippen LogP contribution in [0.4, 0.5) is 0 Å². The molecule has 2 aliphatic rings. The van der Waals surface area contributed by atoms with E-state index in [1.807, 2.05) is 19.9 Å². The molecule has 1 saturated heterocycles. The van der Waals surface area contributed by atoms with Crippen molar-refractivity contribution >= 4 is 8.32 Å². The molecule has 0 spiro atoms. The second-order valence-corrected chi connectivity index (χ2v) is 12.5. The smallest absolute Gasteiger partial charge is 0.193 e. The predicted octanol–water partition coefficient (Wildman–Crippen LogP) is 4.02. The van der Waals surface area contributed by atoms with E-state index in [9.17, 15) is 0 Å². The molecule has 0 saturated carbocycles. The zero-order valence-electron chi connectivity index (χ0n) is 13.8. The average molecular weight is 296 g/mol. The Morgan fingerprint density at radius 2 is 1.90 bits per heavy atom. The van der Waals surface area contributed by atoms with Gasteiger partial charge in [0.25, 0.3) is 0 Å². The third-order valence-electron chi connectivity index (χ3n) is 4.61. The maximum Gasteiger partial charge on any atom is 0.193 e. The second kappa shape index (κ2) is 4.80. The van der Waals surface area contributed by atoms with Crippen molar-refractivity contribution < 1.29 is 13.9 Å². The van der Waals surface area contributed by atoms with Gasteiger partial charge in [-0.2, -0.15) is 0 Å². The molecule has 3 atom stereocenters. The highest BCUT2D eigenvalue weighted by atomic mass is 28.4. The summed E-state index contributed by atoms with van der Waals surface area (Å²) in [5.41, 5.74) is 1.10. The van der Waals surface area contributed by atoms with Gasteiger partial charge in [0.05, 0.1) is 6.10 Å². The SMILES string of the molecule is C=CC1=C[C@H]2OC(C)(C)O[C@H]2C1O[Si](C)(C)C(C)(C)C. The minimum atomic E-state index is -1.86. The molecule has 1 heterocycles. The molecule has 0 N–H and O–H groups in total. The quantitative estimate of drug-likeness (QED) is 0.736. The van der Waals surface area contributed by atoms with Crippen LogP contribution in [0.1, 0.15) is 34.6 Å². The zero-order valence-corrected chi connectivity index (χ0v) is 14.8. The van der Waals surface area contributed by atoms with Crippen LogP contribution >= 0.6 is 0 Å². The summed E-state index contributed by atoms with van der Waals surface area (Å²) in [6, 6.07) is 0. The molecule has 0 aromatic rings. The van der Waals surface area contributed by atoms with E-state index in [0.717, 1.165) is 5.57 Å². The Balaban J connectivity index is 2.22. The van der Waals surface area contributed by atoms with Gasteiger partial charge in [-0.1, -0.05) is 33.4 Å². The highest BCUT2D eigenvalue weighted by Gasteiger charge is 2.52. The second-order valence-electron chi connectivity index (χ2n) is 7.73. The summed E-state index contributed by atoms with van der Waals surface area (Å²) in [6.45, 7) is 19.1. The predicted molar refractivity (Wildman–Crippen MR) is 84.2 cm³/mol. The lowest BCUT2D eigenvalue weighted by Gasteiger charge is -2.40. The molecular formula is C16H28O3Si. The molecule has 0 radical (unpaired) electrons. The summed E-state index contributed by atoms with van der Waals surface area (Å²) < 4.78 is 18.5. The minimum Gasteiger partial charge on any atom is -0.407 e. The summed E-state index contributed by atoms with van der Waals surface area (Å²) in [5.74, 6) is -0.534. The molecule has 2 rings (SSSR count).